The van der Waals surface area contributed by atoms with Gasteiger partial charge in [0.2, 0.25) is 0 Å². The summed E-state index contributed by atoms with van der Waals surface area (Å²) in [5.74, 6) is -1.49. The first-order chi connectivity index (χ1) is 8.99. The second-order valence-corrected chi connectivity index (χ2v) is 5.66. The molecule has 1 heterocycles. The number of halogens is 2. The first-order valence-electron chi connectivity index (χ1n) is 6.09. The number of nitrogens with zero attached hydrogens (tertiary/aromatic N) is 2. The van der Waals surface area contributed by atoms with Gasteiger partial charge < -0.3 is 10.0 Å². The Morgan fingerprint density at radius 1 is 1.37 bits per heavy atom. The first kappa shape index (κ1) is 14.4. The number of carboxylic acids is 1. The van der Waals surface area contributed by atoms with Crippen molar-refractivity contribution in [1.29, 1.82) is 0 Å². The van der Waals surface area contributed by atoms with E-state index in [1.165, 1.54) is 6.07 Å². The predicted octanol–water partition coefficient (Wildman–Crippen LogP) is 1.96. The third-order valence-electron chi connectivity index (χ3n) is 3.39. The van der Waals surface area contributed by atoms with Gasteiger partial charge in [0.25, 0.3) is 0 Å². The molecule has 6 heteroatoms. The molecule has 1 aliphatic rings. The van der Waals surface area contributed by atoms with Crippen LogP contribution in [0.25, 0.3) is 0 Å². The topological polar surface area (TPSA) is 43.8 Å². The van der Waals surface area contributed by atoms with E-state index >= 15 is 0 Å². The number of rotatable bonds is 3. The second kappa shape index (κ2) is 5.98. The zero-order chi connectivity index (χ0) is 14.0. The molecule has 1 atom stereocenters. The minimum Gasteiger partial charge on any atom is -0.480 e. The van der Waals surface area contributed by atoms with Gasteiger partial charge in [-0.15, -0.1) is 0 Å². The average Bonchev–Trinajstić information content (AvgIpc) is 2.36. The van der Waals surface area contributed by atoms with Crippen molar-refractivity contribution in [3.8, 4) is 0 Å². The normalized spacial score (nSPS) is 19.3. The van der Waals surface area contributed by atoms with Gasteiger partial charge in [-0.1, -0.05) is 15.9 Å². The molecule has 0 saturated carbocycles. The highest BCUT2D eigenvalue weighted by Crippen LogP contribution is 2.27. The van der Waals surface area contributed by atoms with Crippen LogP contribution in [-0.4, -0.2) is 54.1 Å². The molecule has 2 rings (SSSR count). The van der Waals surface area contributed by atoms with Gasteiger partial charge in [-0.3, -0.25) is 9.69 Å². The minimum absolute atomic E-state index is 0.214. The Hall–Kier alpha value is -0.980. The van der Waals surface area contributed by atoms with Crippen LogP contribution in [0.15, 0.2) is 22.7 Å². The first-order valence-corrected chi connectivity index (χ1v) is 6.88. The number of benzene rings is 1. The molecule has 19 heavy (non-hydrogen) atoms. The Morgan fingerprint density at radius 3 is 2.58 bits per heavy atom. The second-order valence-electron chi connectivity index (χ2n) is 4.75. The molecule has 0 aliphatic carbocycles. The number of hydrogen-bond acceptors (Lipinski definition) is 3. The minimum atomic E-state index is -1.01. The van der Waals surface area contributed by atoms with Gasteiger partial charge in [0.15, 0.2) is 0 Å². The molecule has 1 aliphatic heterocycles. The van der Waals surface area contributed by atoms with Crippen molar-refractivity contribution in [3.05, 3.63) is 34.1 Å². The van der Waals surface area contributed by atoms with E-state index in [-0.39, 0.29) is 5.56 Å². The van der Waals surface area contributed by atoms with E-state index in [1.54, 1.807) is 12.1 Å². The lowest BCUT2D eigenvalue weighted by Crippen LogP contribution is -2.48. The molecule has 1 aromatic rings. The highest BCUT2D eigenvalue weighted by atomic mass is 79.9. The van der Waals surface area contributed by atoms with Crippen LogP contribution >= 0.6 is 15.9 Å². The average molecular weight is 331 g/mol. The molecule has 1 aromatic carbocycles. The highest BCUT2D eigenvalue weighted by molar-refractivity contribution is 9.10. The monoisotopic (exact) mass is 330 g/mol. The van der Waals surface area contributed by atoms with Crippen LogP contribution in [0.1, 0.15) is 11.6 Å². The number of carbonyl (C=O) groups is 1. The summed E-state index contributed by atoms with van der Waals surface area (Å²) in [4.78, 5) is 15.5. The Labute approximate surface area is 119 Å². The summed E-state index contributed by atoms with van der Waals surface area (Å²) in [6.07, 6.45) is 0. The lowest BCUT2D eigenvalue weighted by atomic mass is 10.0. The fraction of sp³-hybridized carbons (Fsp3) is 0.462. The van der Waals surface area contributed by atoms with Crippen LogP contribution < -0.4 is 0 Å². The maximum Gasteiger partial charge on any atom is 0.325 e. The summed E-state index contributed by atoms with van der Waals surface area (Å²) in [6.45, 7) is 2.83. The molecule has 0 aromatic heterocycles. The fourth-order valence-electron chi connectivity index (χ4n) is 2.29. The Balaban J connectivity index is 2.30. The molecule has 4 nitrogen and oxygen atoms in total. The van der Waals surface area contributed by atoms with Crippen LogP contribution in [-0.2, 0) is 4.79 Å². The smallest absolute Gasteiger partial charge is 0.325 e. The van der Waals surface area contributed by atoms with E-state index in [0.29, 0.717) is 17.6 Å². The van der Waals surface area contributed by atoms with E-state index in [1.807, 2.05) is 11.9 Å². The number of carboxylic acid groups (broad SMARTS) is 1. The zero-order valence-electron chi connectivity index (χ0n) is 10.6. The molecule has 1 unspecified atom stereocenters. The fourth-order valence-corrected chi connectivity index (χ4v) is 2.67. The number of hydrogen-bond donors (Lipinski definition) is 1. The van der Waals surface area contributed by atoms with Gasteiger partial charge in [0.05, 0.1) is 0 Å². The molecule has 0 amide bonds. The van der Waals surface area contributed by atoms with Gasteiger partial charge >= 0.3 is 5.97 Å². The van der Waals surface area contributed by atoms with E-state index in [2.05, 4.69) is 20.8 Å². The van der Waals surface area contributed by atoms with E-state index in [0.717, 1.165) is 13.1 Å². The van der Waals surface area contributed by atoms with Gasteiger partial charge in [-0.25, -0.2) is 4.39 Å². The highest BCUT2D eigenvalue weighted by Gasteiger charge is 2.31. The summed E-state index contributed by atoms with van der Waals surface area (Å²) >= 11 is 3.26. The van der Waals surface area contributed by atoms with Crippen LogP contribution in [0.2, 0.25) is 0 Å². The standard InChI is InChI=1S/C13H16BrFN2O2/c1-16-4-6-17(7-5-16)12(13(18)19)10-8-9(14)2-3-11(10)15/h2-3,8,12H,4-7H2,1H3,(H,18,19). The van der Waals surface area contributed by atoms with Gasteiger partial charge in [-0.2, -0.15) is 0 Å². The summed E-state index contributed by atoms with van der Waals surface area (Å²) in [5.41, 5.74) is 0.214. The van der Waals surface area contributed by atoms with Gasteiger partial charge in [0.1, 0.15) is 11.9 Å². The number of aliphatic carboxylic acids is 1. The van der Waals surface area contributed by atoms with E-state index in [9.17, 15) is 14.3 Å². The Morgan fingerprint density at radius 2 is 2.00 bits per heavy atom. The van der Waals surface area contributed by atoms with Crippen molar-refractivity contribution < 1.29 is 14.3 Å². The number of likely N-dealkylation sites (N-methyl/N-ethyl adjacent to an activating group) is 1. The van der Waals surface area contributed by atoms with Crippen molar-refractivity contribution >= 4 is 21.9 Å². The molecular weight excluding hydrogens is 315 g/mol. The Bertz CT molecular complexity index is 476. The molecule has 1 fully saturated rings. The zero-order valence-corrected chi connectivity index (χ0v) is 12.2. The van der Waals surface area contributed by atoms with Crippen molar-refractivity contribution in [2.24, 2.45) is 0 Å². The predicted molar refractivity (Wildman–Crippen MR) is 73.5 cm³/mol. The Kier molecular flexibility index (Phi) is 4.54. The lowest BCUT2D eigenvalue weighted by Gasteiger charge is -2.36. The van der Waals surface area contributed by atoms with Crippen molar-refractivity contribution in [3.63, 3.8) is 0 Å². The molecule has 1 saturated heterocycles. The van der Waals surface area contributed by atoms with Gasteiger partial charge in [-0.05, 0) is 25.2 Å². The van der Waals surface area contributed by atoms with Crippen LogP contribution in [0, 0.1) is 5.82 Å². The lowest BCUT2D eigenvalue weighted by molar-refractivity contribution is -0.144. The SMILES string of the molecule is CN1CCN(C(C(=O)O)c2cc(Br)ccc2F)CC1. The third kappa shape index (κ3) is 3.32. The van der Waals surface area contributed by atoms with E-state index < -0.39 is 17.8 Å². The maximum atomic E-state index is 13.9. The van der Waals surface area contributed by atoms with Gasteiger partial charge in [0, 0.05) is 36.2 Å². The van der Waals surface area contributed by atoms with Crippen LogP contribution in [0.5, 0.6) is 0 Å². The van der Waals surface area contributed by atoms with Crippen molar-refractivity contribution in [2.75, 3.05) is 33.2 Å². The summed E-state index contributed by atoms with van der Waals surface area (Å²) in [6, 6.07) is 3.49. The molecular formula is C13H16BrFN2O2. The van der Waals surface area contributed by atoms with Crippen LogP contribution in [0.4, 0.5) is 4.39 Å². The summed E-state index contributed by atoms with van der Waals surface area (Å²) < 4.78 is 14.6. The molecule has 104 valence electrons. The quantitative estimate of drug-likeness (QED) is 0.920. The van der Waals surface area contributed by atoms with E-state index in [4.69, 9.17) is 0 Å². The van der Waals surface area contributed by atoms with Crippen LogP contribution in [0.3, 0.4) is 0 Å². The third-order valence-corrected chi connectivity index (χ3v) is 3.88. The molecule has 0 bridgehead atoms. The summed E-state index contributed by atoms with van der Waals surface area (Å²) in [5, 5.41) is 9.42. The maximum absolute atomic E-state index is 13.9. The summed E-state index contributed by atoms with van der Waals surface area (Å²) in [7, 11) is 1.99. The molecule has 0 radical (unpaired) electrons. The number of piperazine rings is 1. The largest absolute Gasteiger partial charge is 0.480 e. The van der Waals surface area contributed by atoms with Crippen molar-refractivity contribution in [2.45, 2.75) is 6.04 Å². The van der Waals surface area contributed by atoms with Crippen molar-refractivity contribution in [1.82, 2.24) is 9.80 Å². The molecule has 0 spiro atoms. The molecule has 1 N–H and O–H groups in total.